The van der Waals surface area contributed by atoms with Crippen molar-refractivity contribution >= 4 is 28.2 Å². The molecule has 0 spiro atoms. The number of carbonyl (C=O) groups is 1. The molecule has 6 nitrogen and oxygen atoms in total. The van der Waals surface area contributed by atoms with E-state index in [1.54, 1.807) is 0 Å². The van der Waals surface area contributed by atoms with Crippen LogP contribution in [-0.2, 0) is 17.8 Å². The minimum Gasteiger partial charge on any atom is -0.493 e. The van der Waals surface area contributed by atoms with Gasteiger partial charge in [-0.2, -0.15) is 0 Å². The van der Waals surface area contributed by atoms with Crippen LogP contribution in [0.5, 0.6) is 5.88 Å². The highest BCUT2D eigenvalue weighted by molar-refractivity contribution is 5.95. The molecule has 0 unspecified atom stereocenters. The lowest BCUT2D eigenvalue weighted by Gasteiger charge is -2.07. The first kappa shape index (κ1) is 20.3. The molecule has 0 saturated carbocycles. The molecule has 1 aromatic heterocycles. The number of amides is 1. The van der Waals surface area contributed by atoms with Gasteiger partial charge in [-0.1, -0.05) is 60.7 Å². The highest BCUT2D eigenvalue weighted by Crippen LogP contribution is 2.38. The number of aromatic nitrogens is 1. The first-order valence-electron chi connectivity index (χ1n) is 10.2. The van der Waals surface area contributed by atoms with Gasteiger partial charge in [0.25, 0.3) is 5.91 Å². The molecule has 2 N–H and O–H groups in total. The van der Waals surface area contributed by atoms with Crippen LogP contribution in [-0.4, -0.2) is 22.1 Å². The van der Waals surface area contributed by atoms with Gasteiger partial charge in [0, 0.05) is 17.6 Å². The Morgan fingerprint density at radius 1 is 1.00 bits per heavy atom. The number of hydrogen-bond acceptors (Lipinski definition) is 4. The normalized spacial score (nSPS) is 11.3. The van der Waals surface area contributed by atoms with Crippen LogP contribution < -0.4 is 5.32 Å². The van der Waals surface area contributed by atoms with Crippen LogP contribution in [0.3, 0.4) is 0 Å². The van der Waals surface area contributed by atoms with E-state index in [1.807, 2.05) is 78.2 Å². The van der Waals surface area contributed by atoms with Crippen molar-refractivity contribution in [3.63, 3.8) is 0 Å². The number of aromatic hydroxyl groups is 1. The number of para-hydroxylation sites is 1. The summed E-state index contributed by atoms with van der Waals surface area (Å²) in [7, 11) is 0. The summed E-state index contributed by atoms with van der Waals surface area (Å²) in [5.41, 5.74) is 4.30. The lowest BCUT2D eigenvalue weighted by molar-refractivity contribution is -0.116. The molecule has 0 radical (unpaired) electrons. The lowest BCUT2D eigenvalue weighted by atomic mass is 10.1. The molecule has 0 aliphatic carbocycles. The smallest absolute Gasteiger partial charge is 0.283 e. The van der Waals surface area contributed by atoms with Gasteiger partial charge in [-0.15, -0.1) is 10.2 Å². The molecule has 4 rings (SSSR count). The summed E-state index contributed by atoms with van der Waals surface area (Å²) in [6.45, 7) is 2.61. The Morgan fingerprint density at radius 2 is 1.77 bits per heavy atom. The summed E-state index contributed by atoms with van der Waals surface area (Å²) in [6.07, 6.45) is 0.767. The van der Waals surface area contributed by atoms with Crippen LogP contribution in [0.25, 0.3) is 10.9 Å². The maximum Gasteiger partial charge on any atom is 0.283 e. The van der Waals surface area contributed by atoms with E-state index in [9.17, 15) is 9.90 Å². The molecule has 1 amide bonds. The largest absolute Gasteiger partial charge is 0.493 e. The molecule has 0 saturated heterocycles. The van der Waals surface area contributed by atoms with Crippen LogP contribution in [0.2, 0.25) is 0 Å². The molecule has 31 heavy (non-hydrogen) atoms. The maximum absolute atomic E-state index is 12.2. The minimum absolute atomic E-state index is 0.0142. The number of hydrogen-bond donors (Lipinski definition) is 2. The predicted octanol–water partition coefficient (Wildman–Crippen LogP) is 5.62. The van der Waals surface area contributed by atoms with Gasteiger partial charge in [-0.25, -0.2) is 0 Å². The van der Waals surface area contributed by atoms with Crippen molar-refractivity contribution < 1.29 is 9.90 Å². The Balaban J connectivity index is 1.51. The van der Waals surface area contributed by atoms with E-state index < -0.39 is 5.91 Å². The number of azo groups is 1. The van der Waals surface area contributed by atoms with Crippen molar-refractivity contribution in [3.8, 4) is 5.88 Å². The quantitative estimate of drug-likeness (QED) is 0.387. The number of carbonyl (C=O) groups excluding carboxylic acids is 1. The summed E-state index contributed by atoms with van der Waals surface area (Å²) >= 11 is 0. The fourth-order valence-corrected chi connectivity index (χ4v) is 3.56. The van der Waals surface area contributed by atoms with E-state index in [0.717, 1.165) is 28.6 Å². The van der Waals surface area contributed by atoms with Gasteiger partial charge in [0.15, 0.2) is 5.69 Å². The van der Waals surface area contributed by atoms with Crippen molar-refractivity contribution in [2.75, 3.05) is 11.9 Å². The molecule has 156 valence electrons. The van der Waals surface area contributed by atoms with Crippen LogP contribution in [0.1, 0.15) is 11.1 Å². The highest BCUT2D eigenvalue weighted by Gasteiger charge is 2.16. The summed E-state index contributed by atoms with van der Waals surface area (Å²) in [6, 6.07) is 25.5. The second-order valence-electron chi connectivity index (χ2n) is 7.39. The number of anilines is 1. The maximum atomic E-state index is 12.2. The molecule has 3 aromatic carbocycles. The number of nitrogens with one attached hydrogen (secondary N) is 1. The van der Waals surface area contributed by atoms with E-state index in [4.69, 9.17) is 0 Å². The van der Waals surface area contributed by atoms with E-state index in [2.05, 4.69) is 27.7 Å². The summed E-state index contributed by atoms with van der Waals surface area (Å²) < 4.78 is 1.81. The number of benzene rings is 3. The lowest BCUT2D eigenvalue weighted by Crippen LogP contribution is -2.10. The van der Waals surface area contributed by atoms with Gasteiger partial charge in [-0.3, -0.25) is 4.79 Å². The molecule has 0 aliphatic rings. The second-order valence-corrected chi connectivity index (χ2v) is 7.39. The molecule has 4 aromatic rings. The van der Waals surface area contributed by atoms with Crippen LogP contribution in [0.15, 0.2) is 89.1 Å². The van der Waals surface area contributed by atoms with Crippen LogP contribution >= 0.6 is 0 Å². The average Bonchev–Trinajstić information content (AvgIpc) is 3.06. The second kappa shape index (κ2) is 9.26. The summed E-state index contributed by atoms with van der Waals surface area (Å²) in [5, 5.41) is 22.6. The third kappa shape index (κ3) is 4.80. The first-order chi connectivity index (χ1) is 15.1. The number of fused-ring (bicyclic) bond motifs is 1. The third-order valence-electron chi connectivity index (χ3n) is 5.11. The predicted molar refractivity (Wildman–Crippen MR) is 123 cm³/mol. The van der Waals surface area contributed by atoms with Crippen molar-refractivity contribution in [2.24, 2.45) is 10.2 Å². The summed E-state index contributed by atoms with van der Waals surface area (Å²) in [5.74, 6) is -0.401. The monoisotopic (exact) mass is 412 g/mol. The number of nitrogens with zero attached hydrogens (tertiary/aromatic N) is 3. The molecule has 6 heteroatoms. The van der Waals surface area contributed by atoms with Gasteiger partial charge in [-0.05, 0) is 42.7 Å². The standard InChI is InChI=1S/C25H24N4O2/c1-18-8-7-11-20(16-18)26-17-23(30)27-28-24-21-12-5-6-13-22(21)29(25(24)31)15-14-19-9-3-2-4-10-19/h2-13,16,26,31H,14-15,17H2,1H3. The van der Waals surface area contributed by atoms with Gasteiger partial charge in [0.2, 0.25) is 5.88 Å². The van der Waals surface area contributed by atoms with E-state index in [-0.39, 0.29) is 12.4 Å². The molecule has 0 aliphatic heterocycles. The zero-order valence-electron chi connectivity index (χ0n) is 17.3. The summed E-state index contributed by atoms with van der Waals surface area (Å²) in [4.78, 5) is 12.2. The molecular weight excluding hydrogens is 388 g/mol. The molecule has 0 fully saturated rings. The van der Waals surface area contributed by atoms with Crippen molar-refractivity contribution in [2.45, 2.75) is 19.9 Å². The Kier molecular flexibility index (Phi) is 6.08. The van der Waals surface area contributed by atoms with Gasteiger partial charge in [0.1, 0.15) is 0 Å². The zero-order chi connectivity index (χ0) is 21.6. The van der Waals surface area contributed by atoms with Crippen molar-refractivity contribution in [3.05, 3.63) is 90.0 Å². The Hall–Kier alpha value is -3.93. The van der Waals surface area contributed by atoms with Gasteiger partial charge in [0.05, 0.1) is 12.1 Å². The Bertz CT molecular complexity index is 1230. The van der Waals surface area contributed by atoms with Gasteiger partial charge >= 0.3 is 0 Å². The van der Waals surface area contributed by atoms with E-state index in [0.29, 0.717) is 12.2 Å². The fraction of sp³-hybridized carbons (Fsp3) is 0.160. The average molecular weight is 412 g/mol. The van der Waals surface area contributed by atoms with Crippen LogP contribution in [0.4, 0.5) is 11.4 Å². The Labute approximate surface area is 180 Å². The molecule has 0 bridgehead atoms. The highest BCUT2D eigenvalue weighted by atomic mass is 16.3. The molecular formula is C25H24N4O2. The van der Waals surface area contributed by atoms with E-state index >= 15 is 0 Å². The Morgan fingerprint density at radius 3 is 2.58 bits per heavy atom. The third-order valence-corrected chi connectivity index (χ3v) is 5.11. The SMILES string of the molecule is Cc1cccc(NCC(=O)N=Nc2c(O)n(CCc3ccccc3)c3ccccc23)c1. The van der Waals surface area contributed by atoms with Crippen LogP contribution in [0, 0.1) is 6.92 Å². The topological polar surface area (TPSA) is 79.0 Å². The molecule has 1 heterocycles. The molecule has 0 atom stereocenters. The number of aryl methyl sites for hydroxylation is 3. The zero-order valence-corrected chi connectivity index (χ0v) is 17.3. The minimum atomic E-state index is -0.415. The first-order valence-corrected chi connectivity index (χ1v) is 10.2. The van der Waals surface area contributed by atoms with E-state index in [1.165, 1.54) is 5.56 Å². The fourth-order valence-electron chi connectivity index (χ4n) is 3.56. The van der Waals surface area contributed by atoms with Crippen molar-refractivity contribution in [1.29, 1.82) is 0 Å². The van der Waals surface area contributed by atoms with Crippen molar-refractivity contribution in [1.82, 2.24) is 4.57 Å². The van der Waals surface area contributed by atoms with Gasteiger partial charge < -0.3 is 15.0 Å². The number of rotatable bonds is 7.